The van der Waals surface area contributed by atoms with Crippen molar-refractivity contribution in [2.45, 2.75) is 6.18 Å². The SMILES string of the molecule is C=CCOc1cc(F)cc2c3c(-c4n[nH]nc4C(F)(F)F)ccnc3c3ncn(C)c3c12. The molecule has 11 heteroatoms. The molecule has 0 radical (unpaired) electrons. The monoisotopic (exact) mass is 442 g/mol. The third-order valence-corrected chi connectivity index (χ3v) is 5.11. The first-order valence-electron chi connectivity index (χ1n) is 9.38. The van der Waals surface area contributed by atoms with Crippen LogP contribution >= 0.6 is 0 Å². The van der Waals surface area contributed by atoms with Crippen LogP contribution in [0.5, 0.6) is 5.75 Å². The molecule has 3 heterocycles. The Morgan fingerprint density at radius 3 is 2.72 bits per heavy atom. The second kappa shape index (κ2) is 7.01. The van der Waals surface area contributed by atoms with Gasteiger partial charge in [-0.2, -0.15) is 28.6 Å². The van der Waals surface area contributed by atoms with E-state index in [4.69, 9.17) is 4.74 Å². The lowest BCUT2D eigenvalue weighted by Crippen LogP contribution is -2.07. The molecule has 3 aromatic heterocycles. The van der Waals surface area contributed by atoms with Crippen LogP contribution in [0.15, 0.2) is 43.4 Å². The van der Waals surface area contributed by atoms with Crippen LogP contribution in [0.25, 0.3) is 44.0 Å². The van der Waals surface area contributed by atoms with E-state index < -0.39 is 23.4 Å². The van der Waals surface area contributed by atoms with E-state index in [0.29, 0.717) is 27.3 Å². The van der Waals surface area contributed by atoms with Gasteiger partial charge in [0.25, 0.3) is 0 Å². The van der Waals surface area contributed by atoms with Crippen LogP contribution in [-0.4, -0.2) is 36.6 Å². The molecular weight excluding hydrogens is 428 g/mol. The van der Waals surface area contributed by atoms with Crippen molar-refractivity contribution < 1.29 is 22.3 Å². The molecule has 32 heavy (non-hydrogen) atoms. The average molecular weight is 442 g/mol. The number of imidazole rings is 1. The standard InChI is InChI=1S/C21H14F4N6O/c1-3-6-32-13-8-10(22)7-12-14-11(16-20(21(23,24)25)29-30-28-16)4-5-26-17(14)18-19(15(12)13)31(2)9-27-18/h3-5,7-9H,1,6H2,2H3,(H,28,29,30). The van der Waals surface area contributed by atoms with Crippen LogP contribution < -0.4 is 4.74 Å². The van der Waals surface area contributed by atoms with E-state index in [-0.39, 0.29) is 23.3 Å². The number of pyridine rings is 1. The highest BCUT2D eigenvalue weighted by Gasteiger charge is 2.38. The Balaban J connectivity index is 2.01. The quantitative estimate of drug-likeness (QED) is 0.246. The normalized spacial score (nSPS) is 12.2. The number of ether oxygens (including phenoxy) is 1. The van der Waals surface area contributed by atoms with Crippen molar-refractivity contribution in [2.24, 2.45) is 7.05 Å². The second-order valence-electron chi connectivity index (χ2n) is 7.08. The minimum absolute atomic E-state index is 0.0916. The van der Waals surface area contributed by atoms with Crippen LogP contribution in [0.3, 0.4) is 0 Å². The molecule has 0 aliphatic carbocycles. The summed E-state index contributed by atoms with van der Waals surface area (Å²) in [7, 11) is 1.75. The fourth-order valence-corrected chi connectivity index (χ4v) is 3.91. The first kappa shape index (κ1) is 19.9. The summed E-state index contributed by atoms with van der Waals surface area (Å²) in [6.07, 6.45) is -0.320. The molecular formula is C21H14F4N6O. The van der Waals surface area contributed by atoms with Crippen molar-refractivity contribution in [2.75, 3.05) is 6.61 Å². The summed E-state index contributed by atoms with van der Waals surface area (Å²) in [6, 6.07) is 3.85. The van der Waals surface area contributed by atoms with Crippen molar-refractivity contribution in [1.82, 2.24) is 29.9 Å². The molecule has 162 valence electrons. The Hall–Kier alpha value is -4.02. The van der Waals surface area contributed by atoms with Crippen molar-refractivity contribution in [1.29, 1.82) is 0 Å². The molecule has 0 aliphatic rings. The minimum atomic E-state index is -4.74. The molecule has 0 amide bonds. The van der Waals surface area contributed by atoms with Gasteiger partial charge in [-0.25, -0.2) is 9.37 Å². The molecule has 0 unspecified atom stereocenters. The van der Waals surface area contributed by atoms with Gasteiger partial charge < -0.3 is 9.30 Å². The van der Waals surface area contributed by atoms with E-state index in [9.17, 15) is 17.6 Å². The number of aromatic amines is 1. The maximum atomic E-state index is 14.7. The number of benzene rings is 2. The Labute approximate surface area is 177 Å². The largest absolute Gasteiger partial charge is 0.489 e. The van der Waals surface area contributed by atoms with Crippen molar-refractivity contribution >= 4 is 32.7 Å². The van der Waals surface area contributed by atoms with Gasteiger partial charge in [-0.15, -0.1) is 0 Å². The van der Waals surface area contributed by atoms with Crippen LogP contribution in [0.2, 0.25) is 0 Å². The number of halogens is 4. The third-order valence-electron chi connectivity index (χ3n) is 5.11. The lowest BCUT2D eigenvalue weighted by Gasteiger charge is -2.15. The van der Waals surface area contributed by atoms with Crippen molar-refractivity contribution in [3.63, 3.8) is 0 Å². The number of rotatable bonds is 4. The first-order chi connectivity index (χ1) is 15.3. The van der Waals surface area contributed by atoms with Crippen LogP contribution in [0.1, 0.15) is 5.69 Å². The summed E-state index contributed by atoms with van der Waals surface area (Å²) in [4.78, 5) is 8.76. The molecule has 5 aromatic rings. The summed E-state index contributed by atoms with van der Waals surface area (Å²) in [5.74, 6) is -0.410. The number of alkyl halides is 3. The number of aryl methyl sites for hydroxylation is 1. The Morgan fingerprint density at radius 1 is 1.16 bits per heavy atom. The Bertz CT molecular complexity index is 1520. The van der Waals surface area contributed by atoms with Gasteiger partial charge >= 0.3 is 6.18 Å². The number of H-pyrrole nitrogens is 1. The first-order valence-corrected chi connectivity index (χ1v) is 9.38. The fourth-order valence-electron chi connectivity index (χ4n) is 3.91. The predicted octanol–water partition coefficient (Wildman–Crippen LogP) is 4.78. The fraction of sp³-hybridized carbons (Fsp3) is 0.143. The third kappa shape index (κ3) is 2.88. The highest BCUT2D eigenvalue weighted by atomic mass is 19.4. The topological polar surface area (TPSA) is 81.5 Å². The molecule has 1 N–H and O–H groups in total. The zero-order valence-electron chi connectivity index (χ0n) is 16.5. The van der Waals surface area contributed by atoms with E-state index in [1.165, 1.54) is 30.5 Å². The molecule has 7 nitrogen and oxygen atoms in total. The molecule has 0 saturated heterocycles. The van der Waals surface area contributed by atoms with Crippen LogP contribution in [-0.2, 0) is 13.2 Å². The molecule has 0 aliphatic heterocycles. The zero-order chi connectivity index (χ0) is 22.6. The summed E-state index contributed by atoms with van der Waals surface area (Å²) in [5, 5.41) is 10.1. The van der Waals surface area contributed by atoms with E-state index >= 15 is 0 Å². The molecule has 2 aromatic carbocycles. The van der Waals surface area contributed by atoms with E-state index in [0.717, 1.165) is 0 Å². The lowest BCUT2D eigenvalue weighted by molar-refractivity contribution is -0.140. The maximum absolute atomic E-state index is 14.7. The van der Waals surface area contributed by atoms with Gasteiger partial charge in [0.1, 0.15) is 29.4 Å². The smallest absolute Gasteiger partial charge is 0.437 e. The highest BCUT2D eigenvalue weighted by Crippen LogP contribution is 2.44. The van der Waals surface area contributed by atoms with Gasteiger partial charge in [0.15, 0.2) is 5.69 Å². The summed E-state index contributed by atoms with van der Waals surface area (Å²) < 4.78 is 62.8. The van der Waals surface area contributed by atoms with E-state index in [2.05, 4.69) is 26.7 Å². The van der Waals surface area contributed by atoms with Crippen LogP contribution in [0, 0.1) is 5.82 Å². The molecule has 0 bridgehead atoms. The van der Waals surface area contributed by atoms with E-state index in [1.54, 1.807) is 17.9 Å². The van der Waals surface area contributed by atoms with Crippen molar-refractivity contribution in [3.8, 4) is 17.0 Å². The molecule has 0 atom stereocenters. The number of hydrogen-bond donors (Lipinski definition) is 1. The van der Waals surface area contributed by atoms with E-state index in [1.807, 2.05) is 5.21 Å². The molecule has 0 fully saturated rings. The predicted molar refractivity (Wildman–Crippen MR) is 110 cm³/mol. The van der Waals surface area contributed by atoms with Gasteiger partial charge in [0.2, 0.25) is 0 Å². The maximum Gasteiger partial charge on any atom is 0.437 e. The minimum Gasteiger partial charge on any atom is -0.489 e. The molecule has 5 rings (SSSR count). The number of aromatic nitrogens is 6. The molecule has 0 saturated carbocycles. The Morgan fingerprint density at radius 2 is 1.97 bits per heavy atom. The number of fused-ring (bicyclic) bond motifs is 6. The lowest BCUT2D eigenvalue weighted by atomic mass is 9.96. The average Bonchev–Trinajstić information content (AvgIpc) is 3.39. The van der Waals surface area contributed by atoms with Gasteiger partial charge in [0, 0.05) is 35.6 Å². The number of hydrogen-bond acceptors (Lipinski definition) is 5. The van der Waals surface area contributed by atoms with Crippen molar-refractivity contribution in [3.05, 3.63) is 54.9 Å². The van der Waals surface area contributed by atoms with Gasteiger partial charge in [-0.05, 0) is 12.1 Å². The van der Waals surface area contributed by atoms with Gasteiger partial charge in [0.05, 0.1) is 22.7 Å². The summed E-state index contributed by atoms with van der Waals surface area (Å²) in [5.41, 5.74) is -0.162. The zero-order valence-corrected chi connectivity index (χ0v) is 16.5. The Kier molecular flexibility index (Phi) is 4.36. The number of nitrogens with zero attached hydrogens (tertiary/aromatic N) is 5. The van der Waals surface area contributed by atoms with Crippen LogP contribution in [0.4, 0.5) is 17.6 Å². The van der Waals surface area contributed by atoms with Gasteiger partial charge in [-0.1, -0.05) is 12.7 Å². The number of nitrogens with one attached hydrogen (secondary N) is 1. The highest BCUT2D eigenvalue weighted by molar-refractivity contribution is 6.26. The summed E-state index contributed by atoms with van der Waals surface area (Å²) in [6.45, 7) is 3.72. The summed E-state index contributed by atoms with van der Waals surface area (Å²) >= 11 is 0. The van der Waals surface area contributed by atoms with Gasteiger partial charge in [-0.3, -0.25) is 4.98 Å². The second-order valence-corrected chi connectivity index (χ2v) is 7.08. The molecule has 0 spiro atoms.